The summed E-state index contributed by atoms with van der Waals surface area (Å²) in [6, 6.07) is 0. The molecule has 1 unspecified atom stereocenters. The molecule has 6 heteroatoms. The molecule has 0 bridgehead atoms. The summed E-state index contributed by atoms with van der Waals surface area (Å²) in [5.74, 6) is -1.000. The molecule has 0 N–H and O–H groups in total. The van der Waals surface area contributed by atoms with Crippen LogP contribution in [0.3, 0.4) is 0 Å². The molecule has 456 valence electrons. The lowest BCUT2D eigenvalue weighted by atomic mass is 10.1. The number of esters is 3. The Labute approximate surface area is 503 Å². The van der Waals surface area contributed by atoms with Crippen molar-refractivity contribution in [2.24, 2.45) is 0 Å². The Balaban J connectivity index is 4.41. The highest BCUT2D eigenvalue weighted by Crippen LogP contribution is 2.13. The molecule has 0 amide bonds. The van der Waals surface area contributed by atoms with Crippen molar-refractivity contribution in [2.75, 3.05) is 13.2 Å². The second-order valence-corrected chi connectivity index (χ2v) is 20.5. The Morgan fingerprint density at radius 3 is 0.780 bits per heavy atom. The molecule has 6 nitrogen and oxygen atoms in total. The lowest BCUT2D eigenvalue weighted by Gasteiger charge is -2.18. The number of carbonyl (C=O) groups excluding carboxylic acids is 3. The van der Waals surface area contributed by atoms with E-state index in [1.54, 1.807) is 0 Å². The number of ether oxygens (including phenoxy) is 3. The van der Waals surface area contributed by atoms with Gasteiger partial charge < -0.3 is 14.2 Å². The topological polar surface area (TPSA) is 78.9 Å². The average molecular weight is 1130 g/mol. The fraction of sp³-hybridized carbons (Fsp3) is 0.539. The largest absolute Gasteiger partial charge is 0.462 e. The molecule has 0 heterocycles. The Morgan fingerprint density at radius 1 is 0.256 bits per heavy atom. The normalized spacial score (nSPS) is 13.5. The van der Waals surface area contributed by atoms with Crippen LogP contribution in [0.1, 0.15) is 245 Å². The molecule has 0 aliphatic carbocycles. The summed E-state index contributed by atoms with van der Waals surface area (Å²) >= 11 is 0. The molecule has 0 aromatic carbocycles. The average Bonchev–Trinajstić information content (AvgIpc) is 3.48. The van der Waals surface area contributed by atoms with Crippen molar-refractivity contribution in [1.82, 2.24) is 0 Å². The van der Waals surface area contributed by atoms with Crippen LogP contribution in [0.5, 0.6) is 0 Å². The third-order valence-electron chi connectivity index (χ3n) is 12.8. The Morgan fingerprint density at radius 2 is 0.476 bits per heavy atom. The van der Waals surface area contributed by atoms with Crippen molar-refractivity contribution in [3.05, 3.63) is 194 Å². The maximum atomic E-state index is 12.9. The zero-order chi connectivity index (χ0) is 59.2. The van der Waals surface area contributed by atoms with Crippen LogP contribution in [0.4, 0.5) is 0 Å². The number of unbranched alkanes of at least 4 members (excludes halogenated alkanes) is 13. The van der Waals surface area contributed by atoms with Crippen LogP contribution in [-0.2, 0) is 28.6 Å². The van der Waals surface area contributed by atoms with E-state index in [-0.39, 0.29) is 44.0 Å². The first kappa shape index (κ1) is 76.2. The van der Waals surface area contributed by atoms with Gasteiger partial charge in [-0.2, -0.15) is 0 Å². The lowest BCUT2D eigenvalue weighted by Crippen LogP contribution is -2.30. The van der Waals surface area contributed by atoms with E-state index in [0.29, 0.717) is 12.8 Å². The van der Waals surface area contributed by atoms with E-state index in [9.17, 15) is 14.4 Å². The highest BCUT2D eigenvalue weighted by molar-refractivity contribution is 5.71. The van der Waals surface area contributed by atoms with E-state index in [1.807, 2.05) is 0 Å². The number of hydrogen-bond donors (Lipinski definition) is 0. The number of hydrogen-bond acceptors (Lipinski definition) is 6. The Bertz CT molecular complexity index is 1970. The third kappa shape index (κ3) is 65.1. The van der Waals surface area contributed by atoms with Crippen LogP contribution in [0.2, 0.25) is 0 Å². The van der Waals surface area contributed by atoms with Crippen molar-refractivity contribution in [3.8, 4) is 0 Å². The summed E-state index contributed by atoms with van der Waals surface area (Å²) in [7, 11) is 0. The van der Waals surface area contributed by atoms with Gasteiger partial charge in [0, 0.05) is 19.3 Å². The maximum Gasteiger partial charge on any atom is 0.306 e. The van der Waals surface area contributed by atoms with Crippen LogP contribution >= 0.6 is 0 Å². The van der Waals surface area contributed by atoms with E-state index in [4.69, 9.17) is 14.2 Å². The Kier molecular flexibility index (Phi) is 63.0. The Hall–Kier alpha value is -5.75. The smallest absolute Gasteiger partial charge is 0.306 e. The summed E-state index contributed by atoms with van der Waals surface area (Å²) in [5, 5.41) is 0. The quantitative estimate of drug-likeness (QED) is 0.0261. The summed E-state index contributed by atoms with van der Waals surface area (Å²) in [6.07, 6.45) is 103. The third-order valence-corrected chi connectivity index (χ3v) is 12.8. The lowest BCUT2D eigenvalue weighted by molar-refractivity contribution is -0.167. The summed E-state index contributed by atoms with van der Waals surface area (Å²) in [4.78, 5) is 38.2. The molecule has 0 aromatic heterocycles. The zero-order valence-electron chi connectivity index (χ0n) is 52.2. The number of allylic oxidation sites excluding steroid dienone is 32. The first-order valence-electron chi connectivity index (χ1n) is 32.4. The molecule has 82 heavy (non-hydrogen) atoms. The standard InChI is InChI=1S/C76H116O6/c1-4-7-10-13-16-19-22-24-26-28-30-32-33-34-35-36-37-38-39-40-41-42-43-45-46-48-50-52-54-57-60-63-66-69-75(78)81-72-73(71-80-74(77)68-65-62-59-56-21-18-15-12-9-6-3)82-76(79)70-67-64-61-58-55-53-51-49-47-44-31-29-27-25-23-20-17-14-11-8-5-2/h7-8,10-12,15-17,19-20,24-27,30-32,34-35,37-38,40-41,43-45,48-51,54,57,73H,4-6,9,13-14,18,21-23,28-29,33,36,39,42,46-47,52-53,55-56,58-72H2,1-3H3/b10-7-,11-8-,15-12-,19-16-,20-17-,26-24-,27-25-,32-30-,35-34-,38-37-,41-40-,44-31-,45-43-,50-48-,51-49-,57-54-. The minimum Gasteiger partial charge on any atom is -0.462 e. The van der Waals surface area contributed by atoms with Gasteiger partial charge >= 0.3 is 17.9 Å². The van der Waals surface area contributed by atoms with Crippen molar-refractivity contribution in [1.29, 1.82) is 0 Å². The minimum absolute atomic E-state index is 0.114. The van der Waals surface area contributed by atoms with Gasteiger partial charge in [0.2, 0.25) is 0 Å². The predicted molar refractivity (Wildman–Crippen MR) is 357 cm³/mol. The molecule has 0 radical (unpaired) electrons. The van der Waals surface area contributed by atoms with Crippen LogP contribution in [0.25, 0.3) is 0 Å². The van der Waals surface area contributed by atoms with Gasteiger partial charge in [-0.3, -0.25) is 14.4 Å². The van der Waals surface area contributed by atoms with E-state index in [0.717, 1.165) is 186 Å². The molecule has 0 aliphatic rings. The molecule has 0 rings (SSSR count). The summed E-state index contributed by atoms with van der Waals surface area (Å²) < 4.78 is 16.8. The predicted octanol–water partition coefficient (Wildman–Crippen LogP) is 22.6. The van der Waals surface area contributed by atoms with Gasteiger partial charge in [-0.05, 0) is 161 Å². The van der Waals surface area contributed by atoms with Crippen LogP contribution in [-0.4, -0.2) is 37.2 Å². The number of carbonyl (C=O) groups is 3. The van der Waals surface area contributed by atoms with E-state index in [2.05, 4.69) is 215 Å². The molecule has 0 saturated heterocycles. The van der Waals surface area contributed by atoms with Gasteiger partial charge in [-0.25, -0.2) is 0 Å². The second-order valence-electron chi connectivity index (χ2n) is 20.5. The first-order valence-corrected chi connectivity index (χ1v) is 32.4. The van der Waals surface area contributed by atoms with Gasteiger partial charge in [0.1, 0.15) is 13.2 Å². The van der Waals surface area contributed by atoms with E-state index in [1.165, 1.54) is 12.8 Å². The number of rotatable bonds is 56. The maximum absolute atomic E-state index is 12.9. The molecule has 0 aliphatic heterocycles. The molecule has 0 fully saturated rings. The van der Waals surface area contributed by atoms with E-state index >= 15 is 0 Å². The molecule has 0 saturated carbocycles. The van der Waals surface area contributed by atoms with Gasteiger partial charge in [0.25, 0.3) is 0 Å². The fourth-order valence-electron chi connectivity index (χ4n) is 8.03. The van der Waals surface area contributed by atoms with Crippen molar-refractivity contribution >= 4 is 17.9 Å². The van der Waals surface area contributed by atoms with Gasteiger partial charge in [0.05, 0.1) is 0 Å². The zero-order valence-corrected chi connectivity index (χ0v) is 52.2. The molecule has 1 atom stereocenters. The van der Waals surface area contributed by atoms with Crippen LogP contribution in [0, 0.1) is 0 Å². The summed E-state index contributed by atoms with van der Waals surface area (Å²) in [6.45, 7) is 6.27. The van der Waals surface area contributed by atoms with E-state index < -0.39 is 6.10 Å². The van der Waals surface area contributed by atoms with Crippen LogP contribution < -0.4 is 0 Å². The van der Waals surface area contributed by atoms with Crippen molar-refractivity contribution < 1.29 is 28.6 Å². The van der Waals surface area contributed by atoms with Gasteiger partial charge in [-0.15, -0.1) is 0 Å². The van der Waals surface area contributed by atoms with Gasteiger partial charge in [-0.1, -0.05) is 260 Å². The molecule has 0 spiro atoms. The first-order chi connectivity index (χ1) is 40.5. The van der Waals surface area contributed by atoms with Crippen molar-refractivity contribution in [2.45, 2.75) is 252 Å². The molecular weight excluding hydrogens is 1010 g/mol. The highest BCUT2D eigenvalue weighted by atomic mass is 16.6. The van der Waals surface area contributed by atoms with Crippen LogP contribution in [0.15, 0.2) is 194 Å². The van der Waals surface area contributed by atoms with Crippen molar-refractivity contribution in [3.63, 3.8) is 0 Å². The minimum atomic E-state index is -0.822. The monoisotopic (exact) mass is 1120 g/mol. The molecule has 0 aromatic rings. The summed E-state index contributed by atoms with van der Waals surface area (Å²) in [5.41, 5.74) is 0. The second kappa shape index (κ2) is 67.8. The molecular formula is C76H116O6. The highest BCUT2D eigenvalue weighted by Gasteiger charge is 2.19. The fourth-order valence-corrected chi connectivity index (χ4v) is 8.03. The van der Waals surface area contributed by atoms with Gasteiger partial charge in [0.15, 0.2) is 6.10 Å². The SMILES string of the molecule is CC/C=C\C/C=C\C/C=C\C/C=C\C/C=C\C/C=C\C/C=C\C/C=C\C/C=C\C/C=C\CCCCC(=O)OCC(COC(=O)CCCCCCC/C=C\CCC)OC(=O)CCCCCCC/C=C\C/C=C\C/C=C\C/C=C\C/C=C\CC.